The van der Waals surface area contributed by atoms with E-state index in [9.17, 15) is 11.8 Å². The van der Waals surface area contributed by atoms with Crippen LogP contribution in [0.25, 0.3) is 137 Å². The molecule has 11 aromatic carbocycles. The summed E-state index contributed by atoms with van der Waals surface area (Å²) in [6, 6.07) is 81.6. The highest BCUT2D eigenvalue weighted by Gasteiger charge is 2.43. The lowest BCUT2D eigenvalue weighted by Crippen LogP contribution is -2.19. The second kappa shape index (κ2) is 15.6. The molecule has 0 amide bonds. The van der Waals surface area contributed by atoms with Crippen LogP contribution in [-0.4, -0.2) is 18.3 Å². The van der Waals surface area contributed by atoms with Crippen LogP contribution in [0.4, 0.5) is 5.69 Å². The van der Waals surface area contributed by atoms with Crippen LogP contribution in [0.1, 0.15) is 55.5 Å². The van der Waals surface area contributed by atoms with Crippen molar-refractivity contribution >= 4 is 92.9 Å². The Morgan fingerprint density at radius 2 is 0.662 bits per heavy atom. The van der Waals surface area contributed by atoms with Crippen molar-refractivity contribution in [3.63, 3.8) is 0 Å². The lowest BCUT2D eigenvalue weighted by Gasteiger charge is -2.29. The van der Waals surface area contributed by atoms with E-state index in [0.29, 0.717) is 28.3 Å². The van der Waals surface area contributed by atoms with E-state index in [0.717, 1.165) is 92.9 Å². The molecule has 0 fully saturated rings. The van der Waals surface area contributed by atoms with Crippen molar-refractivity contribution in [3.05, 3.63) is 258 Å². The van der Waals surface area contributed by atoms with Crippen molar-refractivity contribution < 1.29 is 0 Å². The standard InChI is InChI=1S/C74H48N6/c1-73(2)56-30-14-6-22-43(56)51-38-40-53-49-28-12-20-36-62(49)79(67(53)64(51)73)70-55(42-75)69(77-58-32-16-8-24-45(58)46-25-9-17-33-59(46)77)66(76-5)71(72(70)78-60-34-18-10-26-47(60)48-27-11-19-35-61(48)78)80-63-37-21-13-29-50(63)54-41-39-52-44-23-7-15-31-57(44)74(3,4)65(52)68(54)80/h6-41H,1-4H3. The largest absolute Gasteiger partial charge is 0.318 e. The first-order chi connectivity index (χ1) is 39.2. The predicted molar refractivity (Wildman–Crippen MR) is 330 cm³/mol. The van der Waals surface area contributed by atoms with Crippen molar-refractivity contribution in [1.29, 1.82) is 5.26 Å². The highest BCUT2D eigenvalue weighted by Crippen LogP contribution is 2.58. The van der Waals surface area contributed by atoms with Gasteiger partial charge in [-0.3, -0.25) is 0 Å². The van der Waals surface area contributed by atoms with E-state index >= 15 is 0 Å². The fourth-order valence-electron chi connectivity index (χ4n) is 15.2. The Morgan fingerprint density at radius 3 is 1.05 bits per heavy atom. The molecule has 6 heteroatoms. The maximum absolute atomic E-state index is 12.9. The molecule has 0 bridgehead atoms. The van der Waals surface area contributed by atoms with Gasteiger partial charge in [0, 0.05) is 53.9 Å². The third-order valence-corrected chi connectivity index (χ3v) is 18.4. The van der Waals surface area contributed by atoms with E-state index in [1.54, 1.807) is 0 Å². The Bertz CT molecular complexity index is 5070. The maximum Gasteiger partial charge on any atom is 0.237 e. The van der Waals surface area contributed by atoms with E-state index in [-0.39, 0.29) is 0 Å². The average molecular weight is 1020 g/mol. The Morgan fingerprint density at radius 1 is 0.338 bits per heavy atom. The Hall–Kier alpha value is -10.4. The normalized spacial score (nSPS) is 13.9. The van der Waals surface area contributed by atoms with E-state index < -0.39 is 10.8 Å². The third kappa shape index (κ3) is 5.40. The minimum absolute atomic E-state index is 0.376. The first-order valence-electron chi connectivity index (χ1n) is 27.5. The van der Waals surface area contributed by atoms with Gasteiger partial charge in [-0.25, -0.2) is 4.85 Å². The van der Waals surface area contributed by atoms with Gasteiger partial charge in [-0.05, 0) is 80.9 Å². The van der Waals surface area contributed by atoms with Crippen LogP contribution in [0.2, 0.25) is 0 Å². The highest BCUT2D eigenvalue weighted by molar-refractivity contribution is 6.19. The van der Waals surface area contributed by atoms with Crippen molar-refractivity contribution in [3.8, 4) is 51.1 Å². The monoisotopic (exact) mass is 1020 g/mol. The lowest BCUT2D eigenvalue weighted by molar-refractivity contribution is 0.664. The molecule has 0 unspecified atom stereocenters. The molecule has 0 aliphatic heterocycles. The molecule has 0 atom stereocenters. The van der Waals surface area contributed by atoms with Gasteiger partial charge in [-0.15, -0.1) is 0 Å². The molecule has 374 valence electrons. The molecular formula is C74H48N6. The summed E-state index contributed by atoms with van der Waals surface area (Å²) in [5.41, 5.74) is 20.1. The zero-order valence-electron chi connectivity index (χ0n) is 44.5. The van der Waals surface area contributed by atoms with Gasteiger partial charge in [0.2, 0.25) is 5.69 Å². The van der Waals surface area contributed by atoms with Crippen LogP contribution in [0.15, 0.2) is 218 Å². The molecule has 2 aliphatic carbocycles. The van der Waals surface area contributed by atoms with E-state index in [1.807, 2.05) is 0 Å². The van der Waals surface area contributed by atoms with Crippen LogP contribution in [0, 0.1) is 17.9 Å². The van der Waals surface area contributed by atoms with Crippen LogP contribution >= 0.6 is 0 Å². The van der Waals surface area contributed by atoms with Gasteiger partial charge in [0.05, 0.1) is 79.0 Å². The van der Waals surface area contributed by atoms with Crippen molar-refractivity contribution in [1.82, 2.24) is 18.3 Å². The number of hydrogen-bond donors (Lipinski definition) is 0. The van der Waals surface area contributed by atoms with Gasteiger partial charge >= 0.3 is 0 Å². The molecule has 0 saturated heterocycles. The molecular weight excluding hydrogens is 973 g/mol. The maximum atomic E-state index is 12.9. The molecule has 6 nitrogen and oxygen atoms in total. The molecule has 2 aliphatic rings. The Balaban J connectivity index is 1.21. The first kappa shape index (κ1) is 44.7. The lowest BCUT2D eigenvalue weighted by atomic mass is 9.81. The number of aromatic nitrogens is 4. The second-order valence-corrected chi connectivity index (χ2v) is 22.9. The van der Waals surface area contributed by atoms with Crippen molar-refractivity contribution in [2.45, 2.75) is 38.5 Å². The van der Waals surface area contributed by atoms with Gasteiger partial charge in [0.1, 0.15) is 6.07 Å². The number of hydrogen-bond acceptors (Lipinski definition) is 1. The molecule has 4 heterocycles. The SMILES string of the molecule is [C-]#[N+]c1c(-n2c3ccccc3c3ccccc32)c(C#N)c(-n2c3ccccc3c3ccc4c(c32)C(C)(C)c2ccccc2-4)c(-n2c3ccccc3c3ccccc32)c1-n1c2ccccc2c2ccc3c(c21)C(C)(C)c1ccccc1-3. The van der Waals surface area contributed by atoms with E-state index in [4.69, 9.17) is 4.85 Å². The summed E-state index contributed by atoms with van der Waals surface area (Å²) in [7, 11) is 0. The van der Waals surface area contributed by atoms with Crippen LogP contribution < -0.4 is 0 Å². The summed E-state index contributed by atoms with van der Waals surface area (Å²) in [4.78, 5) is 4.91. The summed E-state index contributed by atoms with van der Waals surface area (Å²) in [6.45, 7) is 19.4. The molecule has 0 saturated carbocycles. The van der Waals surface area contributed by atoms with Gasteiger partial charge in [0.15, 0.2) is 0 Å². The molecule has 15 aromatic rings. The van der Waals surface area contributed by atoms with Crippen molar-refractivity contribution in [2.75, 3.05) is 0 Å². The molecule has 4 aromatic heterocycles. The summed E-state index contributed by atoms with van der Waals surface area (Å²) in [6.07, 6.45) is 0. The van der Waals surface area contributed by atoms with Crippen molar-refractivity contribution in [2.24, 2.45) is 0 Å². The van der Waals surface area contributed by atoms with Gasteiger partial charge in [-0.2, -0.15) is 5.26 Å². The number of nitrogens with zero attached hydrogens (tertiary/aromatic N) is 6. The fourth-order valence-corrected chi connectivity index (χ4v) is 15.2. The van der Waals surface area contributed by atoms with Gasteiger partial charge in [0.25, 0.3) is 0 Å². The zero-order valence-corrected chi connectivity index (χ0v) is 44.5. The van der Waals surface area contributed by atoms with Crippen LogP contribution in [0.3, 0.4) is 0 Å². The molecule has 0 radical (unpaired) electrons. The zero-order chi connectivity index (χ0) is 53.5. The highest BCUT2D eigenvalue weighted by atomic mass is 15.1. The topological polar surface area (TPSA) is 47.9 Å². The summed E-state index contributed by atoms with van der Waals surface area (Å²) in [5.74, 6) is 0. The molecule has 80 heavy (non-hydrogen) atoms. The van der Waals surface area contributed by atoms with Gasteiger partial charge < -0.3 is 18.3 Å². The molecule has 17 rings (SSSR count). The second-order valence-electron chi connectivity index (χ2n) is 22.9. The van der Waals surface area contributed by atoms with Crippen LogP contribution in [-0.2, 0) is 10.8 Å². The number of fused-ring (bicyclic) bond motifs is 20. The minimum Gasteiger partial charge on any atom is -0.318 e. The Kier molecular flexibility index (Phi) is 8.74. The quantitative estimate of drug-likeness (QED) is 0.162. The number of benzene rings is 11. The summed E-state index contributed by atoms with van der Waals surface area (Å²) in [5, 5.41) is 21.5. The predicted octanol–water partition coefficient (Wildman–Crippen LogP) is 19.1. The smallest absolute Gasteiger partial charge is 0.237 e. The van der Waals surface area contributed by atoms with Crippen LogP contribution in [0.5, 0.6) is 0 Å². The minimum atomic E-state index is -0.444. The summed E-state index contributed by atoms with van der Waals surface area (Å²) < 4.78 is 9.52. The molecule has 0 spiro atoms. The van der Waals surface area contributed by atoms with E-state index in [2.05, 4.69) is 270 Å². The third-order valence-electron chi connectivity index (χ3n) is 18.4. The molecule has 0 N–H and O–H groups in total. The number of para-hydroxylation sites is 6. The number of rotatable bonds is 4. The number of nitriles is 1. The Labute approximate surface area is 461 Å². The first-order valence-corrected chi connectivity index (χ1v) is 27.5. The average Bonchev–Trinajstić information content (AvgIpc) is 4.44. The van der Waals surface area contributed by atoms with Gasteiger partial charge in [-0.1, -0.05) is 210 Å². The summed E-state index contributed by atoms with van der Waals surface area (Å²) >= 11 is 0. The fraction of sp³-hybridized carbons (Fsp3) is 0.0811. The van der Waals surface area contributed by atoms with E-state index in [1.165, 1.54) is 44.5 Å².